The van der Waals surface area contributed by atoms with Gasteiger partial charge >= 0.3 is 6.03 Å². The Bertz CT molecular complexity index is 748. The third-order valence-electron chi connectivity index (χ3n) is 4.32. The van der Waals surface area contributed by atoms with Crippen LogP contribution in [-0.4, -0.2) is 51.1 Å². The third-order valence-corrected chi connectivity index (χ3v) is 4.32. The van der Waals surface area contributed by atoms with Crippen LogP contribution in [0.1, 0.15) is 17.2 Å². The number of carbonyl (C=O) groups excluding carboxylic acids is 2. The number of urea groups is 1. The minimum absolute atomic E-state index is 0.0155. The molecule has 0 aliphatic carbocycles. The van der Waals surface area contributed by atoms with Gasteiger partial charge in [0.1, 0.15) is 5.75 Å². The second-order valence-corrected chi connectivity index (χ2v) is 6.58. The molecule has 0 heterocycles. The van der Waals surface area contributed by atoms with E-state index in [9.17, 15) is 9.59 Å². The molecule has 0 aromatic heterocycles. The van der Waals surface area contributed by atoms with Gasteiger partial charge in [-0.15, -0.1) is 0 Å². The van der Waals surface area contributed by atoms with E-state index in [0.717, 1.165) is 16.9 Å². The molecule has 150 valence electrons. The van der Waals surface area contributed by atoms with Crippen LogP contribution in [0.5, 0.6) is 5.75 Å². The number of methoxy groups -OCH3 is 1. The molecule has 0 saturated heterocycles. The maximum absolute atomic E-state index is 12.1. The summed E-state index contributed by atoms with van der Waals surface area (Å²) in [7, 11) is 5.54. The number of nitrogens with zero attached hydrogens (tertiary/aromatic N) is 1. The minimum Gasteiger partial charge on any atom is -0.497 e. The highest BCUT2D eigenvalue weighted by Gasteiger charge is 2.15. The fourth-order valence-electron chi connectivity index (χ4n) is 2.70. The molecule has 0 saturated carbocycles. The van der Waals surface area contributed by atoms with Gasteiger partial charge in [-0.3, -0.25) is 4.79 Å². The maximum Gasteiger partial charge on any atom is 0.315 e. The van der Waals surface area contributed by atoms with Crippen LogP contribution in [0.15, 0.2) is 54.6 Å². The Morgan fingerprint density at radius 2 is 1.64 bits per heavy atom. The van der Waals surface area contributed by atoms with Crippen molar-refractivity contribution in [3.05, 3.63) is 65.7 Å². The summed E-state index contributed by atoms with van der Waals surface area (Å²) in [5, 5.41) is 8.16. The van der Waals surface area contributed by atoms with Gasteiger partial charge in [-0.05, 0) is 37.4 Å². The summed E-state index contributed by atoms with van der Waals surface area (Å²) in [5.41, 5.74) is 2.06. The van der Waals surface area contributed by atoms with Gasteiger partial charge in [-0.2, -0.15) is 0 Å². The Morgan fingerprint density at radius 1 is 0.964 bits per heavy atom. The molecule has 0 aliphatic heterocycles. The fourth-order valence-corrected chi connectivity index (χ4v) is 2.70. The molecular formula is C21H28N4O3. The van der Waals surface area contributed by atoms with Gasteiger partial charge in [-0.1, -0.05) is 42.5 Å². The molecule has 7 heteroatoms. The number of hydrogen-bond acceptors (Lipinski definition) is 4. The highest BCUT2D eigenvalue weighted by Crippen LogP contribution is 2.20. The standard InChI is InChI=1S/C21H28N4O3/c1-25(2)19(17-9-11-18(28-3)12-10-17)14-22-20(26)15-24-21(27)23-13-16-7-5-4-6-8-16/h4-12,19H,13-15H2,1-3H3,(H,22,26)(H2,23,24,27). The molecule has 3 N–H and O–H groups in total. The van der Waals surface area contributed by atoms with Crippen LogP contribution in [0, 0.1) is 0 Å². The summed E-state index contributed by atoms with van der Waals surface area (Å²) in [6.07, 6.45) is 0. The number of nitrogens with one attached hydrogen (secondary N) is 3. The number of ether oxygens (including phenoxy) is 1. The fraction of sp³-hybridized carbons (Fsp3) is 0.333. The Balaban J connectivity index is 1.75. The van der Waals surface area contributed by atoms with Gasteiger partial charge in [0.15, 0.2) is 0 Å². The summed E-state index contributed by atoms with van der Waals surface area (Å²) in [6, 6.07) is 17.0. The first-order valence-electron chi connectivity index (χ1n) is 9.12. The van der Waals surface area contributed by atoms with E-state index in [-0.39, 0.29) is 24.5 Å². The Morgan fingerprint density at radius 3 is 2.25 bits per heavy atom. The monoisotopic (exact) mass is 384 g/mol. The van der Waals surface area contributed by atoms with E-state index >= 15 is 0 Å². The summed E-state index contributed by atoms with van der Waals surface area (Å²) in [6.45, 7) is 0.767. The zero-order valence-electron chi connectivity index (χ0n) is 16.6. The predicted octanol–water partition coefficient (Wildman–Crippen LogP) is 1.91. The largest absolute Gasteiger partial charge is 0.497 e. The number of carbonyl (C=O) groups is 2. The molecule has 28 heavy (non-hydrogen) atoms. The molecule has 2 aromatic carbocycles. The number of hydrogen-bond donors (Lipinski definition) is 3. The van der Waals surface area contributed by atoms with E-state index in [0.29, 0.717) is 13.1 Å². The molecule has 3 amide bonds. The third kappa shape index (κ3) is 6.92. The first-order valence-corrected chi connectivity index (χ1v) is 9.12. The average molecular weight is 384 g/mol. The Kier molecular flexibility index (Phi) is 8.30. The second kappa shape index (κ2) is 10.9. The second-order valence-electron chi connectivity index (χ2n) is 6.58. The normalized spacial score (nSPS) is 11.6. The number of likely N-dealkylation sites (N-methyl/N-ethyl adjacent to an activating group) is 1. The average Bonchev–Trinajstić information content (AvgIpc) is 2.72. The van der Waals surface area contributed by atoms with E-state index in [4.69, 9.17) is 4.74 Å². The van der Waals surface area contributed by atoms with Crippen LogP contribution in [0.4, 0.5) is 4.79 Å². The highest BCUT2D eigenvalue weighted by atomic mass is 16.5. The van der Waals surface area contributed by atoms with Crippen LogP contribution < -0.4 is 20.7 Å². The lowest BCUT2D eigenvalue weighted by Gasteiger charge is -2.25. The lowest BCUT2D eigenvalue weighted by atomic mass is 10.1. The number of benzene rings is 2. The van der Waals surface area contributed by atoms with E-state index < -0.39 is 0 Å². The molecule has 2 rings (SSSR count). The first kappa shape index (κ1) is 21.2. The maximum atomic E-state index is 12.1. The molecule has 2 aromatic rings. The zero-order valence-corrected chi connectivity index (χ0v) is 16.6. The van der Waals surface area contributed by atoms with Crippen molar-refractivity contribution in [2.75, 3.05) is 34.3 Å². The minimum atomic E-state index is -0.377. The van der Waals surface area contributed by atoms with Crippen molar-refractivity contribution in [2.24, 2.45) is 0 Å². The molecule has 1 unspecified atom stereocenters. The van der Waals surface area contributed by atoms with Crippen molar-refractivity contribution in [1.29, 1.82) is 0 Å². The summed E-state index contributed by atoms with van der Waals surface area (Å²) >= 11 is 0. The van der Waals surface area contributed by atoms with Gasteiger partial charge in [-0.25, -0.2) is 4.79 Å². The smallest absolute Gasteiger partial charge is 0.315 e. The predicted molar refractivity (Wildman–Crippen MR) is 109 cm³/mol. The van der Waals surface area contributed by atoms with Gasteiger partial charge in [0.25, 0.3) is 0 Å². The molecule has 0 radical (unpaired) electrons. The van der Waals surface area contributed by atoms with Crippen LogP contribution in [0.25, 0.3) is 0 Å². The van der Waals surface area contributed by atoms with Crippen molar-refractivity contribution in [2.45, 2.75) is 12.6 Å². The van der Waals surface area contributed by atoms with Gasteiger partial charge < -0.3 is 25.6 Å². The summed E-state index contributed by atoms with van der Waals surface area (Å²) < 4.78 is 5.18. The van der Waals surface area contributed by atoms with Crippen LogP contribution >= 0.6 is 0 Å². The number of amides is 3. The summed E-state index contributed by atoms with van der Waals surface area (Å²) in [5.74, 6) is 0.547. The molecule has 0 spiro atoms. The molecule has 0 aliphatic rings. The van der Waals surface area contributed by atoms with Crippen LogP contribution in [0.2, 0.25) is 0 Å². The van der Waals surface area contributed by atoms with Gasteiger partial charge in [0.05, 0.1) is 19.7 Å². The van der Waals surface area contributed by atoms with Gasteiger partial charge in [0, 0.05) is 13.1 Å². The molecular weight excluding hydrogens is 356 g/mol. The lowest BCUT2D eigenvalue weighted by Crippen LogP contribution is -2.43. The van der Waals surface area contributed by atoms with Crippen molar-refractivity contribution in [3.63, 3.8) is 0 Å². The topological polar surface area (TPSA) is 82.7 Å². The van der Waals surface area contributed by atoms with Gasteiger partial charge in [0.2, 0.25) is 5.91 Å². The van der Waals surface area contributed by atoms with Crippen LogP contribution in [0.3, 0.4) is 0 Å². The SMILES string of the molecule is COc1ccc(C(CNC(=O)CNC(=O)NCc2ccccc2)N(C)C)cc1. The zero-order chi connectivity index (χ0) is 20.4. The Labute approximate surface area is 166 Å². The molecule has 1 atom stereocenters. The quantitative estimate of drug-likeness (QED) is 0.617. The molecule has 0 fully saturated rings. The van der Waals surface area contributed by atoms with E-state index in [1.807, 2.05) is 73.6 Å². The van der Waals surface area contributed by atoms with Crippen molar-refractivity contribution < 1.29 is 14.3 Å². The molecule has 7 nitrogen and oxygen atoms in total. The Hall–Kier alpha value is -3.06. The molecule has 0 bridgehead atoms. The van der Waals surface area contributed by atoms with E-state index in [1.54, 1.807) is 7.11 Å². The number of rotatable bonds is 9. The van der Waals surface area contributed by atoms with E-state index in [1.165, 1.54) is 0 Å². The highest BCUT2D eigenvalue weighted by molar-refractivity contribution is 5.83. The lowest BCUT2D eigenvalue weighted by molar-refractivity contribution is -0.120. The van der Waals surface area contributed by atoms with Crippen molar-refractivity contribution >= 4 is 11.9 Å². The van der Waals surface area contributed by atoms with Crippen molar-refractivity contribution in [1.82, 2.24) is 20.9 Å². The van der Waals surface area contributed by atoms with Crippen LogP contribution in [-0.2, 0) is 11.3 Å². The van der Waals surface area contributed by atoms with Crippen molar-refractivity contribution in [3.8, 4) is 5.75 Å². The summed E-state index contributed by atoms with van der Waals surface area (Å²) in [4.78, 5) is 25.9. The first-order chi connectivity index (χ1) is 13.5. The van der Waals surface area contributed by atoms with E-state index in [2.05, 4.69) is 16.0 Å².